The van der Waals surface area contributed by atoms with Crippen LogP contribution in [0.25, 0.3) is 0 Å². The summed E-state index contributed by atoms with van der Waals surface area (Å²) < 4.78 is 0. The van der Waals surface area contributed by atoms with Gasteiger partial charge in [-0.15, -0.1) is 0 Å². The zero-order chi connectivity index (χ0) is 13.5. The molecule has 0 N–H and O–H groups in total. The third-order valence-corrected chi connectivity index (χ3v) is 5.47. The molecule has 0 atom stereocenters. The van der Waals surface area contributed by atoms with Gasteiger partial charge < -0.3 is 0 Å². The van der Waals surface area contributed by atoms with E-state index in [9.17, 15) is 4.79 Å². The van der Waals surface area contributed by atoms with E-state index in [-0.39, 0.29) is 0 Å². The van der Waals surface area contributed by atoms with Crippen molar-refractivity contribution in [2.45, 2.75) is 90.4 Å². The minimum Gasteiger partial charge on any atom is -0.299 e. The van der Waals surface area contributed by atoms with Gasteiger partial charge >= 0.3 is 0 Å². The molecule has 0 aromatic heterocycles. The monoisotopic (exact) mass is 264 g/mol. The van der Waals surface area contributed by atoms with Crippen molar-refractivity contribution in [3.05, 3.63) is 0 Å². The molecule has 2 rings (SSSR count). The average molecular weight is 264 g/mol. The van der Waals surface area contributed by atoms with Crippen molar-refractivity contribution < 1.29 is 4.79 Å². The lowest BCUT2D eigenvalue weighted by Gasteiger charge is -2.31. The highest BCUT2D eigenvalue weighted by atomic mass is 16.1. The third kappa shape index (κ3) is 4.61. The zero-order valence-electron chi connectivity index (χ0n) is 12.8. The van der Waals surface area contributed by atoms with E-state index < -0.39 is 0 Å². The maximum Gasteiger partial charge on any atom is 0.139 e. The molecule has 19 heavy (non-hydrogen) atoms. The summed E-state index contributed by atoms with van der Waals surface area (Å²) in [5.41, 5.74) is 0. The normalized spacial score (nSPS) is 29.3. The van der Waals surface area contributed by atoms with Crippen LogP contribution in [0.3, 0.4) is 0 Å². The third-order valence-electron chi connectivity index (χ3n) is 5.47. The molecule has 0 bridgehead atoms. The van der Waals surface area contributed by atoms with Crippen LogP contribution in [0.15, 0.2) is 0 Å². The Morgan fingerprint density at radius 1 is 0.842 bits per heavy atom. The fourth-order valence-electron chi connectivity index (χ4n) is 4.14. The standard InChI is InChI=1S/C18H32O/c1-2-3-5-8-15-11-13-17(14-12-15)18(19)16-9-6-4-7-10-16/h15-17H,2-14H2,1H3. The first-order chi connectivity index (χ1) is 9.31. The fraction of sp³-hybridized carbons (Fsp3) is 0.944. The molecule has 0 aromatic carbocycles. The van der Waals surface area contributed by atoms with Crippen LogP contribution in [0, 0.1) is 17.8 Å². The second-order valence-electron chi connectivity index (χ2n) is 6.95. The number of unbranched alkanes of at least 4 members (excludes halogenated alkanes) is 2. The van der Waals surface area contributed by atoms with Gasteiger partial charge in [0.15, 0.2) is 0 Å². The molecule has 110 valence electrons. The van der Waals surface area contributed by atoms with Gasteiger partial charge in [-0.1, -0.05) is 51.9 Å². The van der Waals surface area contributed by atoms with Crippen molar-refractivity contribution >= 4 is 5.78 Å². The van der Waals surface area contributed by atoms with Gasteiger partial charge in [0.25, 0.3) is 0 Å². The molecule has 2 saturated carbocycles. The molecule has 0 spiro atoms. The molecule has 1 heteroatoms. The van der Waals surface area contributed by atoms with Crippen LogP contribution in [0.4, 0.5) is 0 Å². The number of hydrogen-bond donors (Lipinski definition) is 0. The van der Waals surface area contributed by atoms with Crippen LogP contribution in [0.5, 0.6) is 0 Å². The predicted molar refractivity (Wildman–Crippen MR) is 81.2 cm³/mol. The molecule has 1 nitrogen and oxygen atoms in total. The van der Waals surface area contributed by atoms with Crippen molar-refractivity contribution in [1.82, 2.24) is 0 Å². The summed E-state index contributed by atoms with van der Waals surface area (Å²) in [4.78, 5) is 12.5. The second-order valence-corrected chi connectivity index (χ2v) is 6.95. The SMILES string of the molecule is CCCCCC1CCC(C(=O)C2CCCCC2)CC1. The van der Waals surface area contributed by atoms with Crippen LogP contribution in [0.1, 0.15) is 90.4 Å². The molecule has 2 fully saturated rings. The summed E-state index contributed by atoms with van der Waals surface area (Å²) in [6.07, 6.45) is 16.9. The van der Waals surface area contributed by atoms with E-state index in [1.54, 1.807) is 0 Å². The first kappa shape index (κ1) is 15.1. The first-order valence-corrected chi connectivity index (χ1v) is 8.85. The van der Waals surface area contributed by atoms with Crippen molar-refractivity contribution in [2.24, 2.45) is 17.8 Å². The molecular formula is C18H32O. The molecule has 0 unspecified atom stereocenters. The van der Waals surface area contributed by atoms with E-state index in [1.807, 2.05) is 0 Å². The molecule has 2 aliphatic carbocycles. The Kier molecular flexibility index (Phi) is 6.40. The highest BCUT2D eigenvalue weighted by Crippen LogP contribution is 2.36. The van der Waals surface area contributed by atoms with Crippen LogP contribution in [0.2, 0.25) is 0 Å². The molecule has 0 aromatic rings. The first-order valence-electron chi connectivity index (χ1n) is 8.85. The number of Topliss-reactive ketones (excluding diaryl/α,β-unsaturated/α-hetero) is 1. The smallest absolute Gasteiger partial charge is 0.139 e. The van der Waals surface area contributed by atoms with E-state index in [2.05, 4.69) is 6.92 Å². The zero-order valence-corrected chi connectivity index (χ0v) is 12.8. The summed E-state index contributed by atoms with van der Waals surface area (Å²) in [5.74, 6) is 2.45. The fourth-order valence-corrected chi connectivity index (χ4v) is 4.14. The molecule has 0 heterocycles. The van der Waals surface area contributed by atoms with Crippen LogP contribution in [-0.4, -0.2) is 5.78 Å². The highest BCUT2D eigenvalue weighted by Gasteiger charge is 2.31. The van der Waals surface area contributed by atoms with Crippen molar-refractivity contribution in [3.8, 4) is 0 Å². The molecule has 0 amide bonds. The minimum absolute atomic E-state index is 0.436. The Morgan fingerprint density at radius 3 is 2.11 bits per heavy atom. The minimum atomic E-state index is 0.436. The predicted octanol–water partition coefficient (Wildman–Crippen LogP) is 5.52. The molecule has 0 radical (unpaired) electrons. The maximum absolute atomic E-state index is 12.5. The Bertz CT molecular complexity index is 257. The lowest BCUT2D eigenvalue weighted by Crippen LogP contribution is -2.28. The van der Waals surface area contributed by atoms with Gasteiger partial charge in [-0.3, -0.25) is 4.79 Å². The van der Waals surface area contributed by atoms with Gasteiger partial charge in [0.2, 0.25) is 0 Å². The average Bonchev–Trinajstić information content (AvgIpc) is 2.48. The topological polar surface area (TPSA) is 17.1 Å². The van der Waals surface area contributed by atoms with Gasteiger partial charge in [0.05, 0.1) is 0 Å². The van der Waals surface area contributed by atoms with Gasteiger partial charge in [-0.25, -0.2) is 0 Å². The highest BCUT2D eigenvalue weighted by molar-refractivity contribution is 5.83. The molecular weight excluding hydrogens is 232 g/mol. The number of hydrogen-bond acceptors (Lipinski definition) is 1. The quantitative estimate of drug-likeness (QED) is 0.577. The van der Waals surface area contributed by atoms with E-state index in [0.717, 1.165) is 5.92 Å². The van der Waals surface area contributed by atoms with Gasteiger partial charge in [0, 0.05) is 11.8 Å². The number of carbonyl (C=O) groups is 1. The Labute approximate surface area is 119 Å². The lowest BCUT2D eigenvalue weighted by atomic mass is 9.73. The maximum atomic E-state index is 12.5. The van der Waals surface area contributed by atoms with Crippen molar-refractivity contribution in [1.29, 1.82) is 0 Å². The Morgan fingerprint density at radius 2 is 1.47 bits per heavy atom. The Balaban J connectivity index is 1.68. The van der Waals surface area contributed by atoms with Crippen molar-refractivity contribution in [3.63, 3.8) is 0 Å². The summed E-state index contributed by atoms with van der Waals surface area (Å²) >= 11 is 0. The number of ketones is 1. The number of carbonyl (C=O) groups excluding carboxylic acids is 1. The van der Waals surface area contributed by atoms with E-state index in [1.165, 1.54) is 83.5 Å². The largest absolute Gasteiger partial charge is 0.299 e. The van der Waals surface area contributed by atoms with Crippen LogP contribution in [-0.2, 0) is 4.79 Å². The van der Waals surface area contributed by atoms with E-state index in [0.29, 0.717) is 17.6 Å². The summed E-state index contributed by atoms with van der Waals surface area (Å²) in [6, 6.07) is 0. The van der Waals surface area contributed by atoms with E-state index in [4.69, 9.17) is 0 Å². The Hall–Kier alpha value is -0.330. The van der Waals surface area contributed by atoms with Crippen LogP contribution >= 0.6 is 0 Å². The van der Waals surface area contributed by atoms with Crippen molar-refractivity contribution in [2.75, 3.05) is 0 Å². The molecule has 0 saturated heterocycles. The number of rotatable bonds is 6. The summed E-state index contributed by atoms with van der Waals surface area (Å²) in [5, 5.41) is 0. The summed E-state index contributed by atoms with van der Waals surface area (Å²) in [6.45, 7) is 2.28. The van der Waals surface area contributed by atoms with E-state index >= 15 is 0 Å². The van der Waals surface area contributed by atoms with Gasteiger partial charge in [-0.2, -0.15) is 0 Å². The van der Waals surface area contributed by atoms with Gasteiger partial charge in [0.1, 0.15) is 5.78 Å². The van der Waals surface area contributed by atoms with Crippen LogP contribution < -0.4 is 0 Å². The lowest BCUT2D eigenvalue weighted by molar-refractivity contribution is -0.129. The molecule has 2 aliphatic rings. The summed E-state index contributed by atoms with van der Waals surface area (Å²) in [7, 11) is 0. The van der Waals surface area contributed by atoms with Gasteiger partial charge in [-0.05, 0) is 44.4 Å². The molecule has 0 aliphatic heterocycles. The second kappa shape index (κ2) is 8.07.